The highest BCUT2D eigenvalue weighted by Crippen LogP contribution is 2.16. The van der Waals surface area contributed by atoms with Gasteiger partial charge in [-0.05, 0) is 62.4 Å². The summed E-state index contributed by atoms with van der Waals surface area (Å²) in [5.41, 5.74) is 2.41. The molecule has 1 amide bonds. The number of carbonyl (C=O) groups excluding carboxylic acids is 1. The van der Waals surface area contributed by atoms with Crippen molar-refractivity contribution in [2.75, 3.05) is 39.8 Å². The number of aliphatic imine (C=N–C) groups is 1. The van der Waals surface area contributed by atoms with E-state index in [1.165, 1.54) is 37.1 Å². The topological polar surface area (TPSA) is 60.0 Å². The predicted molar refractivity (Wildman–Crippen MR) is 134 cm³/mol. The Morgan fingerprint density at radius 3 is 2.43 bits per heavy atom. The van der Waals surface area contributed by atoms with Crippen LogP contribution in [-0.2, 0) is 17.9 Å². The number of rotatable bonds is 8. The second kappa shape index (κ2) is 13.1. The van der Waals surface area contributed by atoms with E-state index in [0.29, 0.717) is 6.42 Å². The fourth-order valence-corrected chi connectivity index (χ4v) is 4.06. The summed E-state index contributed by atoms with van der Waals surface area (Å²) >= 11 is 0. The minimum absolute atomic E-state index is 0. The highest BCUT2D eigenvalue weighted by molar-refractivity contribution is 14.0. The predicted octanol–water partition coefficient (Wildman–Crippen LogP) is 3.21. The average Bonchev–Trinajstić information content (AvgIpc) is 3.14. The van der Waals surface area contributed by atoms with Gasteiger partial charge in [-0.15, -0.1) is 24.0 Å². The van der Waals surface area contributed by atoms with Gasteiger partial charge in [0.05, 0.1) is 0 Å². The minimum atomic E-state index is 0. The number of hydrogen-bond donors (Lipinski definition) is 2. The largest absolute Gasteiger partial charge is 0.356 e. The van der Waals surface area contributed by atoms with Gasteiger partial charge in [0.1, 0.15) is 0 Å². The molecule has 0 spiro atoms. The van der Waals surface area contributed by atoms with E-state index in [9.17, 15) is 4.79 Å². The summed E-state index contributed by atoms with van der Waals surface area (Å²) in [7, 11) is 1.82. The number of hydrogen-bond acceptors (Lipinski definition) is 3. The fraction of sp³-hybridized carbons (Fsp3) is 0.652. The Hall–Kier alpha value is -1.35. The zero-order chi connectivity index (χ0) is 20.5. The van der Waals surface area contributed by atoms with Gasteiger partial charge in [0.2, 0.25) is 5.91 Å². The Morgan fingerprint density at radius 1 is 1.10 bits per heavy atom. The smallest absolute Gasteiger partial charge is 0.222 e. The Bertz CT molecular complexity index is 671. The Morgan fingerprint density at radius 2 is 1.80 bits per heavy atom. The fourth-order valence-electron chi connectivity index (χ4n) is 4.06. The molecule has 30 heavy (non-hydrogen) atoms. The molecule has 0 radical (unpaired) electrons. The number of nitrogens with zero attached hydrogens (tertiary/aromatic N) is 3. The van der Waals surface area contributed by atoms with E-state index in [1.54, 1.807) is 0 Å². The molecule has 6 nitrogen and oxygen atoms in total. The molecule has 168 valence electrons. The van der Waals surface area contributed by atoms with Crippen molar-refractivity contribution >= 4 is 35.8 Å². The van der Waals surface area contributed by atoms with Crippen LogP contribution < -0.4 is 10.6 Å². The maximum absolute atomic E-state index is 11.8. The molecule has 2 fully saturated rings. The molecule has 2 saturated heterocycles. The van der Waals surface area contributed by atoms with Gasteiger partial charge in [0.15, 0.2) is 5.96 Å². The maximum Gasteiger partial charge on any atom is 0.222 e. The third kappa shape index (κ3) is 8.06. The van der Waals surface area contributed by atoms with Crippen molar-refractivity contribution in [2.24, 2.45) is 10.9 Å². The molecule has 7 heteroatoms. The number of benzene rings is 1. The zero-order valence-corrected chi connectivity index (χ0v) is 20.9. The molecule has 0 aliphatic carbocycles. The average molecular weight is 527 g/mol. The Labute approximate surface area is 198 Å². The molecule has 2 N–H and O–H groups in total. The third-order valence-corrected chi connectivity index (χ3v) is 6.07. The van der Waals surface area contributed by atoms with Crippen LogP contribution >= 0.6 is 24.0 Å². The molecule has 2 aliphatic heterocycles. The number of nitrogens with one attached hydrogen (secondary N) is 2. The summed E-state index contributed by atoms with van der Waals surface area (Å²) in [6.45, 7) is 9.31. The first kappa shape index (κ1) is 24.9. The normalized spacial score (nSPS) is 18.4. The first-order valence-corrected chi connectivity index (χ1v) is 11.2. The van der Waals surface area contributed by atoms with Gasteiger partial charge in [0.25, 0.3) is 0 Å². The van der Waals surface area contributed by atoms with Crippen LogP contribution in [0.5, 0.6) is 0 Å². The van der Waals surface area contributed by atoms with Crippen LogP contribution in [0, 0.1) is 5.92 Å². The second-order valence-corrected chi connectivity index (χ2v) is 8.47. The van der Waals surface area contributed by atoms with Gasteiger partial charge in [-0.2, -0.15) is 0 Å². The summed E-state index contributed by atoms with van der Waals surface area (Å²) in [6.07, 6.45) is 5.50. The molecule has 3 rings (SSSR count). The van der Waals surface area contributed by atoms with Crippen LogP contribution in [0.2, 0.25) is 0 Å². The van der Waals surface area contributed by atoms with E-state index in [-0.39, 0.29) is 29.9 Å². The van der Waals surface area contributed by atoms with Crippen LogP contribution in [0.15, 0.2) is 29.3 Å². The SMILES string of the molecule is CN=C(NCCCN1CCC(C)CC1)NCc1ccc(CN2CCCC2=O)cc1.I. The van der Waals surface area contributed by atoms with Crippen LogP contribution in [0.25, 0.3) is 0 Å². The lowest BCUT2D eigenvalue weighted by molar-refractivity contribution is -0.128. The number of guanidine groups is 1. The van der Waals surface area contributed by atoms with Crippen molar-refractivity contribution in [1.82, 2.24) is 20.4 Å². The van der Waals surface area contributed by atoms with E-state index in [1.807, 2.05) is 11.9 Å². The van der Waals surface area contributed by atoms with E-state index >= 15 is 0 Å². The van der Waals surface area contributed by atoms with Crippen molar-refractivity contribution in [1.29, 1.82) is 0 Å². The molecule has 0 aromatic heterocycles. The van der Waals surface area contributed by atoms with Crippen molar-refractivity contribution < 1.29 is 4.79 Å². The van der Waals surface area contributed by atoms with Crippen molar-refractivity contribution in [3.63, 3.8) is 0 Å². The number of halogens is 1. The molecule has 0 atom stereocenters. The second-order valence-electron chi connectivity index (χ2n) is 8.47. The number of likely N-dealkylation sites (tertiary alicyclic amines) is 2. The molecular weight excluding hydrogens is 489 g/mol. The van der Waals surface area contributed by atoms with E-state index in [2.05, 4.69) is 51.7 Å². The summed E-state index contributed by atoms with van der Waals surface area (Å²) in [5, 5.41) is 6.81. The summed E-state index contributed by atoms with van der Waals surface area (Å²) in [5.74, 6) is 2.02. The lowest BCUT2D eigenvalue weighted by Gasteiger charge is -2.30. The van der Waals surface area contributed by atoms with E-state index in [4.69, 9.17) is 0 Å². The molecular formula is C23H38IN5O. The van der Waals surface area contributed by atoms with E-state index < -0.39 is 0 Å². The molecule has 2 heterocycles. The van der Waals surface area contributed by atoms with Crippen LogP contribution in [-0.4, -0.2) is 61.4 Å². The molecule has 1 aromatic carbocycles. The molecule has 2 aliphatic rings. The highest BCUT2D eigenvalue weighted by atomic mass is 127. The first-order chi connectivity index (χ1) is 14.1. The lowest BCUT2D eigenvalue weighted by Crippen LogP contribution is -2.39. The molecule has 0 unspecified atom stereocenters. The van der Waals surface area contributed by atoms with Gasteiger partial charge in [0, 0.05) is 39.6 Å². The lowest BCUT2D eigenvalue weighted by atomic mass is 9.99. The monoisotopic (exact) mass is 527 g/mol. The van der Waals surface area contributed by atoms with Crippen LogP contribution in [0.1, 0.15) is 50.2 Å². The Kier molecular flexibility index (Phi) is 10.9. The highest BCUT2D eigenvalue weighted by Gasteiger charge is 2.19. The quantitative estimate of drug-likeness (QED) is 0.236. The number of piperidine rings is 1. The third-order valence-electron chi connectivity index (χ3n) is 6.07. The zero-order valence-electron chi connectivity index (χ0n) is 18.5. The van der Waals surface area contributed by atoms with E-state index in [0.717, 1.165) is 57.4 Å². The maximum atomic E-state index is 11.8. The van der Waals surface area contributed by atoms with Crippen molar-refractivity contribution in [3.8, 4) is 0 Å². The first-order valence-electron chi connectivity index (χ1n) is 11.2. The van der Waals surface area contributed by atoms with Crippen molar-refractivity contribution in [3.05, 3.63) is 35.4 Å². The summed E-state index contributed by atoms with van der Waals surface area (Å²) in [6, 6.07) is 8.51. The van der Waals surface area contributed by atoms with Gasteiger partial charge in [-0.1, -0.05) is 31.2 Å². The van der Waals surface area contributed by atoms with Crippen LogP contribution in [0.4, 0.5) is 0 Å². The van der Waals surface area contributed by atoms with Crippen molar-refractivity contribution in [2.45, 2.75) is 52.1 Å². The molecule has 0 bridgehead atoms. The minimum Gasteiger partial charge on any atom is -0.356 e. The molecule has 1 aromatic rings. The standard InChI is InChI=1S/C23H37N5O.HI/c1-19-10-15-27(16-11-19)13-4-12-25-23(24-2)26-17-20-6-8-21(9-7-20)18-28-14-3-5-22(28)29;/h6-9,19H,3-5,10-18H2,1-2H3,(H2,24,25,26);1H. The number of carbonyl (C=O) groups is 1. The van der Waals surface area contributed by atoms with Gasteiger partial charge in [-0.3, -0.25) is 9.79 Å². The van der Waals surface area contributed by atoms with Gasteiger partial charge >= 0.3 is 0 Å². The number of amides is 1. The summed E-state index contributed by atoms with van der Waals surface area (Å²) in [4.78, 5) is 20.6. The Balaban J connectivity index is 0.00000320. The van der Waals surface area contributed by atoms with Gasteiger partial charge < -0.3 is 20.4 Å². The molecule has 0 saturated carbocycles. The van der Waals surface area contributed by atoms with Gasteiger partial charge in [-0.25, -0.2) is 0 Å². The van der Waals surface area contributed by atoms with Crippen LogP contribution in [0.3, 0.4) is 0 Å². The summed E-state index contributed by atoms with van der Waals surface area (Å²) < 4.78 is 0.